The van der Waals surface area contributed by atoms with Gasteiger partial charge in [0, 0.05) is 53.5 Å². The van der Waals surface area contributed by atoms with Gasteiger partial charge in [-0.1, -0.05) is 24.3 Å². The molecule has 1 fully saturated rings. The van der Waals surface area contributed by atoms with Crippen LogP contribution in [0.4, 0.5) is 21.0 Å². The van der Waals surface area contributed by atoms with Crippen molar-refractivity contribution in [3.05, 3.63) is 48.5 Å². The molecule has 0 spiro atoms. The fourth-order valence-electron chi connectivity index (χ4n) is 4.82. The van der Waals surface area contributed by atoms with E-state index in [1.165, 1.54) is 0 Å². The van der Waals surface area contributed by atoms with E-state index in [4.69, 9.17) is 4.99 Å². The molecule has 1 saturated heterocycles. The Morgan fingerprint density at radius 1 is 0.744 bits per heavy atom. The molecule has 11 heteroatoms. The van der Waals surface area contributed by atoms with Crippen LogP contribution < -0.4 is 26.6 Å². The van der Waals surface area contributed by atoms with Gasteiger partial charge in [-0.3, -0.25) is 0 Å². The minimum atomic E-state index is -0.197. The molecule has 0 aromatic heterocycles. The molecule has 3 aliphatic rings. The van der Waals surface area contributed by atoms with Gasteiger partial charge in [-0.2, -0.15) is 0 Å². The molecule has 0 saturated carbocycles. The molecule has 3 bridgehead atoms. The first-order valence-corrected chi connectivity index (χ1v) is 15.7. The monoisotopic (exact) mass is 567 g/mol. The molecule has 5 N–H and O–H groups in total. The lowest BCUT2D eigenvalue weighted by molar-refractivity contribution is 0.251. The summed E-state index contributed by atoms with van der Waals surface area (Å²) in [7, 11) is 0. The largest absolute Gasteiger partial charge is 0.353 e. The van der Waals surface area contributed by atoms with Crippen molar-refractivity contribution in [1.82, 2.24) is 20.9 Å². The third-order valence-electron chi connectivity index (χ3n) is 6.98. The quantitative estimate of drug-likeness (QED) is 0.313. The van der Waals surface area contributed by atoms with Crippen LogP contribution in [0.5, 0.6) is 0 Å². The summed E-state index contributed by atoms with van der Waals surface area (Å²) in [6, 6.07) is 16.1. The number of carbonyl (C=O) groups is 2. The van der Waals surface area contributed by atoms with Gasteiger partial charge in [0.25, 0.3) is 0 Å². The summed E-state index contributed by atoms with van der Waals surface area (Å²) in [6.45, 7) is 3.17. The van der Waals surface area contributed by atoms with E-state index in [1.807, 2.05) is 36.4 Å². The number of thioether (sulfide) groups is 2. The predicted molar refractivity (Wildman–Crippen MR) is 161 cm³/mol. The summed E-state index contributed by atoms with van der Waals surface area (Å²) >= 11 is 3.51. The van der Waals surface area contributed by atoms with Crippen molar-refractivity contribution in [1.29, 1.82) is 0 Å². The Kier molecular flexibility index (Phi) is 9.76. The van der Waals surface area contributed by atoms with Gasteiger partial charge < -0.3 is 31.5 Å². The van der Waals surface area contributed by atoms with E-state index < -0.39 is 0 Å². The normalized spacial score (nSPS) is 23.3. The number of hydrogen-bond acceptors (Lipinski definition) is 7. The first-order valence-electron chi connectivity index (χ1n) is 13.8. The lowest BCUT2D eigenvalue weighted by atomic mass is 10.1. The highest BCUT2D eigenvalue weighted by Crippen LogP contribution is 2.31. The van der Waals surface area contributed by atoms with Gasteiger partial charge in [0.05, 0.1) is 17.4 Å². The molecule has 0 aliphatic carbocycles. The number of benzene rings is 2. The lowest BCUT2D eigenvalue weighted by Gasteiger charge is -2.39. The first kappa shape index (κ1) is 27.5. The highest BCUT2D eigenvalue weighted by atomic mass is 32.2. The van der Waals surface area contributed by atoms with Gasteiger partial charge in [0.2, 0.25) is 0 Å². The Labute approximate surface area is 238 Å². The van der Waals surface area contributed by atoms with Crippen LogP contribution in [0.3, 0.4) is 0 Å². The number of aliphatic imine (C=N–C) groups is 1. The molecule has 9 nitrogen and oxygen atoms in total. The number of amides is 4. The topological polar surface area (TPSA) is 110 Å². The van der Waals surface area contributed by atoms with E-state index in [0.717, 1.165) is 83.8 Å². The van der Waals surface area contributed by atoms with Gasteiger partial charge >= 0.3 is 12.1 Å². The van der Waals surface area contributed by atoms with Crippen molar-refractivity contribution in [2.24, 2.45) is 4.99 Å². The Morgan fingerprint density at radius 3 is 2.00 bits per heavy atom. The molecule has 2 aromatic rings. The van der Waals surface area contributed by atoms with Crippen molar-refractivity contribution in [3.63, 3.8) is 0 Å². The molecule has 2 aromatic carbocycles. The Balaban J connectivity index is 1.28. The maximum atomic E-state index is 12.5. The van der Waals surface area contributed by atoms with Crippen molar-refractivity contribution in [3.8, 4) is 0 Å². The van der Waals surface area contributed by atoms with Crippen LogP contribution in [0.2, 0.25) is 0 Å². The maximum absolute atomic E-state index is 12.5. The fourth-order valence-corrected chi connectivity index (χ4v) is 6.96. The van der Waals surface area contributed by atoms with Crippen LogP contribution in [-0.2, 0) is 0 Å². The number of urea groups is 2. The zero-order valence-electron chi connectivity index (χ0n) is 22.1. The summed E-state index contributed by atoms with van der Waals surface area (Å²) in [6.07, 6.45) is 4.69. The number of hydrogen-bond donors (Lipinski definition) is 5. The molecule has 5 rings (SSSR count). The zero-order chi connectivity index (χ0) is 26.9. The number of anilines is 2. The van der Waals surface area contributed by atoms with E-state index >= 15 is 0 Å². The van der Waals surface area contributed by atoms with Crippen molar-refractivity contribution >= 4 is 52.9 Å². The molecule has 3 heterocycles. The molecule has 0 radical (unpaired) electrons. The standard InChI is InChI=1S/C28H37N7O2S2/c36-27-29-14-6-1-7-15-30-28(37)34-23-9-3-5-11-25(23)39-19-21-13-17-35-16-12-20(31-26(35)32-21)18-38-24-10-4-2-8-22(24)33-27/h2-5,8-11,20-21H,1,6-7,12-19H2,(H,31,32)(H2,29,33,36)(H2,30,34,37)/t20-,21-/m1/s1. The minimum Gasteiger partial charge on any atom is -0.353 e. The Bertz CT molecular complexity index is 1180. The second-order valence-corrected chi connectivity index (χ2v) is 12.1. The minimum absolute atomic E-state index is 0.194. The van der Waals surface area contributed by atoms with Crippen LogP contribution in [0, 0.1) is 0 Å². The van der Waals surface area contributed by atoms with Gasteiger partial charge in [-0.05, 0) is 56.4 Å². The average Bonchev–Trinajstić information content (AvgIpc) is 2.95. The Hall–Kier alpha value is -3.05. The summed E-state index contributed by atoms with van der Waals surface area (Å²) in [5.74, 6) is 2.75. The van der Waals surface area contributed by atoms with E-state index in [9.17, 15) is 9.59 Å². The van der Waals surface area contributed by atoms with E-state index in [-0.39, 0.29) is 18.1 Å². The molecule has 4 amide bonds. The van der Waals surface area contributed by atoms with Crippen LogP contribution in [0.25, 0.3) is 0 Å². The molecule has 0 unspecified atom stereocenters. The second-order valence-electron chi connectivity index (χ2n) is 9.95. The van der Waals surface area contributed by atoms with Crippen LogP contribution >= 0.6 is 23.5 Å². The molecule has 208 valence electrons. The van der Waals surface area contributed by atoms with E-state index in [0.29, 0.717) is 19.1 Å². The summed E-state index contributed by atoms with van der Waals surface area (Å²) in [5, 5.41) is 15.6. The number of carbonyl (C=O) groups excluding carboxylic acids is 2. The van der Waals surface area contributed by atoms with Crippen molar-refractivity contribution in [2.45, 2.75) is 54.0 Å². The molecule has 3 aliphatic heterocycles. The summed E-state index contributed by atoms with van der Waals surface area (Å²) in [5.41, 5.74) is 1.65. The van der Waals surface area contributed by atoms with Gasteiger partial charge in [-0.15, -0.1) is 23.5 Å². The Morgan fingerprint density at radius 2 is 1.33 bits per heavy atom. The zero-order valence-corrected chi connectivity index (χ0v) is 23.7. The van der Waals surface area contributed by atoms with Crippen molar-refractivity contribution in [2.75, 3.05) is 48.3 Å². The van der Waals surface area contributed by atoms with Crippen molar-refractivity contribution < 1.29 is 9.59 Å². The second kappa shape index (κ2) is 13.8. The highest BCUT2D eigenvalue weighted by molar-refractivity contribution is 7.99. The number of rotatable bonds is 0. The lowest BCUT2D eigenvalue weighted by Crippen LogP contribution is -2.56. The van der Waals surface area contributed by atoms with Gasteiger partial charge in [0.15, 0.2) is 5.96 Å². The maximum Gasteiger partial charge on any atom is 0.319 e. The summed E-state index contributed by atoms with van der Waals surface area (Å²) in [4.78, 5) is 34.6. The highest BCUT2D eigenvalue weighted by Gasteiger charge is 2.28. The molecule has 2 atom stereocenters. The third kappa shape index (κ3) is 7.98. The van der Waals surface area contributed by atoms with Crippen LogP contribution in [-0.4, -0.2) is 72.7 Å². The molecule has 39 heavy (non-hydrogen) atoms. The third-order valence-corrected chi connectivity index (χ3v) is 9.44. The smallest absolute Gasteiger partial charge is 0.319 e. The van der Waals surface area contributed by atoms with Gasteiger partial charge in [0.1, 0.15) is 0 Å². The number of fused-ring (bicyclic) bond motifs is 4. The van der Waals surface area contributed by atoms with Crippen LogP contribution in [0.1, 0.15) is 32.1 Å². The number of para-hydroxylation sites is 2. The molecular weight excluding hydrogens is 530 g/mol. The predicted octanol–water partition coefficient (Wildman–Crippen LogP) is 4.79. The van der Waals surface area contributed by atoms with Crippen LogP contribution in [0.15, 0.2) is 63.3 Å². The fraction of sp³-hybridized carbons (Fsp3) is 0.464. The summed E-state index contributed by atoms with van der Waals surface area (Å²) < 4.78 is 0. The first-order chi connectivity index (χ1) is 19.1. The van der Waals surface area contributed by atoms with Gasteiger partial charge in [-0.25, -0.2) is 14.6 Å². The van der Waals surface area contributed by atoms with E-state index in [1.54, 1.807) is 23.5 Å². The number of nitrogens with zero attached hydrogens (tertiary/aromatic N) is 2. The van der Waals surface area contributed by atoms with E-state index in [2.05, 4.69) is 43.6 Å². The number of nitrogens with one attached hydrogen (secondary N) is 5. The SMILES string of the molecule is O=C1NCCCCCNC(=O)Nc2ccccc2SC[C@H]2CCN3CC[C@H](CSc4ccccc4N1)N=C3N2. The molecular formula is C28H37N7O2S2. The number of guanidine groups is 1. The average molecular weight is 568 g/mol.